The molecular weight excluding hydrogens is 456 g/mol. The van der Waals surface area contributed by atoms with Gasteiger partial charge in [-0.15, -0.1) is 0 Å². The third kappa shape index (κ3) is 5.07. The quantitative estimate of drug-likeness (QED) is 0.369. The van der Waals surface area contributed by atoms with Gasteiger partial charge < -0.3 is 20.1 Å². The first-order valence-corrected chi connectivity index (χ1v) is 12.2. The number of likely N-dealkylation sites (N-methyl/N-ethyl adjacent to an activating group) is 1. The minimum atomic E-state index is -0.137. The second-order valence-corrected chi connectivity index (χ2v) is 9.14. The van der Waals surface area contributed by atoms with Gasteiger partial charge in [-0.3, -0.25) is 14.7 Å². The van der Waals surface area contributed by atoms with Gasteiger partial charge in [-0.05, 0) is 44.0 Å². The lowest BCUT2D eigenvalue weighted by atomic mass is 9.94. The van der Waals surface area contributed by atoms with Crippen molar-refractivity contribution >= 4 is 34.5 Å². The van der Waals surface area contributed by atoms with E-state index in [1.807, 2.05) is 64.9 Å². The van der Waals surface area contributed by atoms with Gasteiger partial charge in [0.15, 0.2) is 5.82 Å². The Morgan fingerprint density at radius 1 is 1.11 bits per heavy atom. The van der Waals surface area contributed by atoms with Crippen LogP contribution in [0.4, 0.5) is 11.6 Å². The number of aryl methyl sites for hydroxylation is 1. The van der Waals surface area contributed by atoms with Crippen LogP contribution in [0.15, 0.2) is 48.5 Å². The molecule has 1 aromatic carbocycles. The van der Waals surface area contributed by atoms with Gasteiger partial charge in [0.25, 0.3) is 0 Å². The first-order chi connectivity index (χ1) is 17.5. The Morgan fingerprint density at radius 2 is 1.97 bits per heavy atom. The second kappa shape index (κ2) is 10.2. The second-order valence-electron chi connectivity index (χ2n) is 9.14. The molecule has 1 unspecified atom stereocenters. The highest BCUT2D eigenvalue weighted by atomic mass is 16.2. The lowest BCUT2D eigenvalue weighted by Crippen LogP contribution is -2.41. The summed E-state index contributed by atoms with van der Waals surface area (Å²) in [7, 11) is 1.60. The number of hydrogen-bond donors (Lipinski definition) is 3. The number of aromatic amines is 1. The Hall–Kier alpha value is -4.21. The van der Waals surface area contributed by atoms with E-state index in [0.29, 0.717) is 18.9 Å². The molecule has 4 aromatic rings. The maximum Gasteiger partial charge on any atom is 0.242 e. The van der Waals surface area contributed by atoms with Crippen molar-refractivity contribution in [3.05, 3.63) is 65.7 Å². The van der Waals surface area contributed by atoms with Crippen LogP contribution in [0.5, 0.6) is 0 Å². The SMILES string of the molecule is CNC(=O)Cc1nc2ccccc2n1CC(=O)N1CCCC(c2cccc(Nc3cc(C)[nH]n3)n2)C1. The van der Waals surface area contributed by atoms with Gasteiger partial charge in [0.05, 0.1) is 17.5 Å². The van der Waals surface area contributed by atoms with Crippen molar-refractivity contribution < 1.29 is 9.59 Å². The fourth-order valence-corrected chi connectivity index (χ4v) is 4.71. The predicted octanol–water partition coefficient (Wildman–Crippen LogP) is 2.90. The molecule has 1 fully saturated rings. The molecule has 186 valence electrons. The number of carbonyl (C=O) groups is 2. The van der Waals surface area contributed by atoms with E-state index in [9.17, 15) is 9.59 Å². The molecule has 0 saturated carbocycles. The van der Waals surface area contributed by atoms with Gasteiger partial charge in [-0.1, -0.05) is 18.2 Å². The van der Waals surface area contributed by atoms with Crippen molar-refractivity contribution in [3.63, 3.8) is 0 Å². The maximum atomic E-state index is 13.4. The van der Waals surface area contributed by atoms with Crippen molar-refractivity contribution in [1.82, 2.24) is 34.9 Å². The summed E-state index contributed by atoms with van der Waals surface area (Å²) in [6.07, 6.45) is 2.00. The Balaban J connectivity index is 1.31. The van der Waals surface area contributed by atoms with Crippen LogP contribution in [-0.2, 0) is 22.6 Å². The van der Waals surface area contributed by atoms with Crippen LogP contribution < -0.4 is 10.6 Å². The van der Waals surface area contributed by atoms with Crippen molar-refractivity contribution in [2.24, 2.45) is 0 Å². The number of fused-ring (bicyclic) bond motifs is 1. The third-order valence-electron chi connectivity index (χ3n) is 6.55. The summed E-state index contributed by atoms with van der Waals surface area (Å²) in [5.41, 5.74) is 3.56. The summed E-state index contributed by atoms with van der Waals surface area (Å²) in [6, 6.07) is 15.5. The number of hydrogen-bond acceptors (Lipinski definition) is 6. The molecule has 3 N–H and O–H groups in total. The Bertz CT molecular complexity index is 1390. The summed E-state index contributed by atoms with van der Waals surface area (Å²) in [6.45, 7) is 3.41. The number of rotatable bonds is 7. The van der Waals surface area contributed by atoms with Crippen LogP contribution in [0, 0.1) is 6.92 Å². The van der Waals surface area contributed by atoms with Crippen molar-refractivity contribution in [2.45, 2.75) is 38.6 Å². The average molecular weight is 487 g/mol. The molecule has 1 aliphatic rings. The molecule has 0 spiro atoms. The van der Waals surface area contributed by atoms with Crippen molar-refractivity contribution in [3.8, 4) is 0 Å². The molecule has 10 nitrogen and oxygen atoms in total. The third-order valence-corrected chi connectivity index (χ3v) is 6.55. The van der Waals surface area contributed by atoms with Gasteiger partial charge >= 0.3 is 0 Å². The zero-order valence-corrected chi connectivity index (χ0v) is 20.5. The number of para-hydroxylation sites is 2. The number of amides is 2. The van der Waals surface area contributed by atoms with Crippen molar-refractivity contribution in [2.75, 3.05) is 25.5 Å². The van der Waals surface area contributed by atoms with E-state index in [2.05, 4.69) is 25.8 Å². The number of likely N-dealkylation sites (tertiary alicyclic amines) is 1. The Kier molecular flexibility index (Phi) is 6.66. The summed E-state index contributed by atoms with van der Waals surface area (Å²) in [5, 5.41) is 13.0. The molecule has 0 aliphatic carbocycles. The van der Waals surface area contributed by atoms with Crippen LogP contribution in [0.3, 0.4) is 0 Å². The highest BCUT2D eigenvalue weighted by Crippen LogP contribution is 2.27. The van der Waals surface area contributed by atoms with Gasteiger partial charge in [0, 0.05) is 43.5 Å². The zero-order valence-electron chi connectivity index (χ0n) is 20.5. The van der Waals surface area contributed by atoms with Crippen LogP contribution in [0.1, 0.15) is 36.0 Å². The largest absolute Gasteiger partial charge is 0.359 e. The van der Waals surface area contributed by atoms with E-state index in [0.717, 1.165) is 46.9 Å². The van der Waals surface area contributed by atoms with E-state index >= 15 is 0 Å². The molecule has 2 amide bonds. The molecule has 1 saturated heterocycles. The van der Waals surface area contributed by atoms with E-state index in [1.165, 1.54) is 0 Å². The number of pyridine rings is 1. The number of nitrogens with zero attached hydrogens (tertiary/aromatic N) is 5. The molecule has 1 atom stereocenters. The lowest BCUT2D eigenvalue weighted by Gasteiger charge is -2.33. The average Bonchev–Trinajstić information content (AvgIpc) is 3.46. The molecule has 5 rings (SSSR count). The molecule has 10 heteroatoms. The fourth-order valence-electron chi connectivity index (χ4n) is 4.71. The standard InChI is InChI=1S/C26H30N8O2/c1-17-13-23(32-31-17)30-22-11-5-9-19(28-22)18-7-6-12-33(15-18)26(36)16-34-21-10-4-3-8-20(21)29-24(34)14-25(35)27-2/h3-5,8-11,13,18H,6-7,12,14-16H2,1-2H3,(H,27,35)(H2,28,30,31,32). The number of aromatic nitrogens is 5. The van der Waals surface area contributed by atoms with Gasteiger partial charge in [-0.25, -0.2) is 9.97 Å². The number of imidazole rings is 1. The number of H-pyrrole nitrogens is 1. The summed E-state index contributed by atoms with van der Waals surface area (Å²) < 4.78 is 1.87. The molecular formula is C26H30N8O2. The van der Waals surface area contributed by atoms with Crippen LogP contribution in [0.25, 0.3) is 11.0 Å². The van der Waals surface area contributed by atoms with Crippen LogP contribution >= 0.6 is 0 Å². The molecule has 3 aromatic heterocycles. The predicted molar refractivity (Wildman–Crippen MR) is 137 cm³/mol. The number of piperidine rings is 1. The minimum absolute atomic E-state index is 0.0160. The summed E-state index contributed by atoms with van der Waals surface area (Å²) >= 11 is 0. The number of anilines is 2. The summed E-state index contributed by atoms with van der Waals surface area (Å²) in [4.78, 5) is 36.8. The molecule has 36 heavy (non-hydrogen) atoms. The van der Waals surface area contributed by atoms with Crippen molar-refractivity contribution in [1.29, 1.82) is 0 Å². The van der Waals surface area contributed by atoms with E-state index in [-0.39, 0.29) is 30.7 Å². The van der Waals surface area contributed by atoms with Gasteiger partial charge in [0.2, 0.25) is 11.8 Å². The van der Waals surface area contributed by atoms with Gasteiger partial charge in [-0.2, -0.15) is 5.10 Å². The van der Waals surface area contributed by atoms with E-state index in [4.69, 9.17) is 4.98 Å². The van der Waals surface area contributed by atoms with E-state index in [1.54, 1.807) is 7.05 Å². The van der Waals surface area contributed by atoms with E-state index < -0.39 is 0 Å². The minimum Gasteiger partial charge on any atom is -0.359 e. The topological polar surface area (TPSA) is 121 Å². The maximum absolute atomic E-state index is 13.4. The Labute approximate surface area is 209 Å². The molecule has 1 aliphatic heterocycles. The highest BCUT2D eigenvalue weighted by molar-refractivity contribution is 5.83. The monoisotopic (exact) mass is 486 g/mol. The number of benzene rings is 1. The first-order valence-electron chi connectivity index (χ1n) is 12.2. The molecule has 0 bridgehead atoms. The number of carbonyl (C=O) groups excluding carboxylic acids is 2. The molecule has 4 heterocycles. The Morgan fingerprint density at radius 3 is 2.78 bits per heavy atom. The molecule has 0 radical (unpaired) electrons. The first kappa shape index (κ1) is 23.5. The normalized spacial score (nSPS) is 15.7. The van der Waals surface area contributed by atoms with Crippen LogP contribution in [0.2, 0.25) is 0 Å². The highest BCUT2D eigenvalue weighted by Gasteiger charge is 2.27. The lowest BCUT2D eigenvalue weighted by molar-refractivity contribution is -0.133. The summed E-state index contributed by atoms with van der Waals surface area (Å²) in [5.74, 6) is 2.06. The fraction of sp³-hybridized carbons (Fsp3) is 0.346. The van der Waals surface area contributed by atoms with Gasteiger partial charge in [0.1, 0.15) is 18.2 Å². The van der Waals surface area contributed by atoms with Crippen LogP contribution in [-0.4, -0.2) is 61.6 Å². The smallest absolute Gasteiger partial charge is 0.242 e. The zero-order chi connectivity index (χ0) is 25.1. The number of nitrogens with one attached hydrogen (secondary N) is 3.